The van der Waals surface area contributed by atoms with Crippen molar-refractivity contribution in [2.45, 2.75) is 31.7 Å². The zero-order valence-electron chi connectivity index (χ0n) is 11.6. The summed E-state index contributed by atoms with van der Waals surface area (Å²) in [4.78, 5) is 12.5. The molecule has 0 spiro atoms. The number of rotatable bonds is 4. The van der Waals surface area contributed by atoms with Crippen LogP contribution in [-0.2, 0) is 0 Å². The van der Waals surface area contributed by atoms with E-state index in [-0.39, 0.29) is 11.8 Å². The molecule has 1 aromatic rings. The summed E-state index contributed by atoms with van der Waals surface area (Å²) in [5.41, 5.74) is 0.628. The highest BCUT2D eigenvalue weighted by Gasteiger charge is 2.23. The topological polar surface area (TPSA) is 47.6 Å². The van der Waals surface area contributed by atoms with Gasteiger partial charge < -0.3 is 14.8 Å². The molecular formula is C15H21NO3. The molecule has 104 valence electrons. The molecule has 0 amide bonds. The van der Waals surface area contributed by atoms with Crippen molar-refractivity contribution in [3.8, 4) is 11.5 Å². The van der Waals surface area contributed by atoms with Gasteiger partial charge in [-0.15, -0.1) is 0 Å². The van der Waals surface area contributed by atoms with Crippen LogP contribution in [0.5, 0.6) is 11.5 Å². The second-order valence-electron chi connectivity index (χ2n) is 4.79. The predicted molar refractivity (Wildman–Crippen MR) is 74.1 cm³/mol. The van der Waals surface area contributed by atoms with Gasteiger partial charge in [0.2, 0.25) is 0 Å². The minimum absolute atomic E-state index is 0.0928. The van der Waals surface area contributed by atoms with Crippen LogP contribution in [0.1, 0.15) is 36.0 Å². The van der Waals surface area contributed by atoms with Gasteiger partial charge in [0.05, 0.1) is 25.8 Å². The zero-order chi connectivity index (χ0) is 13.7. The van der Waals surface area contributed by atoms with E-state index in [9.17, 15) is 4.79 Å². The first-order chi connectivity index (χ1) is 9.26. The number of benzene rings is 1. The second kappa shape index (κ2) is 6.57. The van der Waals surface area contributed by atoms with Crippen molar-refractivity contribution in [2.75, 3.05) is 20.8 Å². The molecule has 1 unspecified atom stereocenters. The summed E-state index contributed by atoms with van der Waals surface area (Å²) in [7, 11) is 3.18. The van der Waals surface area contributed by atoms with Crippen molar-refractivity contribution in [1.29, 1.82) is 0 Å². The summed E-state index contributed by atoms with van der Waals surface area (Å²) < 4.78 is 10.5. The van der Waals surface area contributed by atoms with Gasteiger partial charge in [-0.3, -0.25) is 4.79 Å². The Morgan fingerprint density at radius 2 is 2.05 bits per heavy atom. The van der Waals surface area contributed by atoms with E-state index in [0.717, 1.165) is 25.8 Å². The lowest BCUT2D eigenvalue weighted by Gasteiger charge is -2.16. The van der Waals surface area contributed by atoms with Gasteiger partial charge >= 0.3 is 0 Å². The zero-order valence-corrected chi connectivity index (χ0v) is 11.6. The molecule has 1 aromatic carbocycles. The van der Waals surface area contributed by atoms with Crippen LogP contribution in [0, 0.1) is 0 Å². The quantitative estimate of drug-likeness (QED) is 0.847. The van der Waals surface area contributed by atoms with Gasteiger partial charge in [0.15, 0.2) is 5.78 Å². The van der Waals surface area contributed by atoms with Crippen LogP contribution in [0.25, 0.3) is 0 Å². The maximum Gasteiger partial charge on any atom is 0.183 e. The Balaban J connectivity index is 2.21. The van der Waals surface area contributed by atoms with E-state index in [1.807, 2.05) is 0 Å². The lowest BCUT2D eigenvalue weighted by Crippen LogP contribution is -2.36. The third-order valence-electron chi connectivity index (χ3n) is 3.55. The lowest BCUT2D eigenvalue weighted by molar-refractivity contribution is 0.0937. The molecule has 1 N–H and O–H groups in total. The molecule has 1 saturated heterocycles. The number of ketones is 1. The number of hydrogen-bond acceptors (Lipinski definition) is 4. The molecule has 2 rings (SSSR count). The summed E-state index contributed by atoms with van der Waals surface area (Å²) in [6.07, 6.45) is 4.33. The van der Waals surface area contributed by atoms with E-state index in [0.29, 0.717) is 17.1 Å². The van der Waals surface area contributed by atoms with E-state index >= 15 is 0 Å². The number of nitrogens with one attached hydrogen (secondary N) is 1. The first-order valence-electron chi connectivity index (χ1n) is 6.76. The van der Waals surface area contributed by atoms with Gasteiger partial charge in [-0.1, -0.05) is 12.8 Å². The SMILES string of the molecule is COc1ccc(C(=O)C2CCCCCN2)c(OC)c1. The van der Waals surface area contributed by atoms with E-state index < -0.39 is 0 Å². The first kappa shape index (κ1) is 13.9. The molecular weight excluding hydrogens is 242 g/mol. The number of carbonyl (C=O) groups is 1. The van der Waals surface area contributed by atoms with E-state index in [2.05, 4.69) is 5.32 Å². The highest BCUT2D eigenvalue weighted by atomic mass is 16.5. The molecule has 1 aliphatic rings. The van der Waals surface area contributed by atoms with Gasteiger partial charge in [0.25, 0.3) is 0 Å². The Morgan fingerprint density at radius 1 is 1.21 bits per heavy atom. The smallest absolute Gasteiger partial charge is 0.183 e. The third-order valence-corrected chi connectivity index (χ3v) is 3.55. The van der Waals surface area contributed by atoms with Crippen molar-refractivity contribution in [3.05, 3.63) is 23.8 Å². The van der Waals surface area contributed by atoms with Crippen molar-refractivity contribution in [2.24, 2.45) is 0 Å². The standard InChI is InChI=1S/C15H21NO3/c1-18-11-7-8-12(14(10-11)19-2)15(17)13-6-4-3-5-9-16-13/h7-8,10,13,16H,3-6,9H2,1-2H3. The Hall–Kier alpha value is -1.55. The molecule has 0 saturated carbocycles. The maximum atomic E-state index is 12.5. The third kappa shape index (κ3) is 3.26. The fourth-order valence-electron chi connectivity index (χ4n) is 2.44. The molecule has 0 aliphatic carbocycles. The number of carbonyl (C=O) groups excluding carboxylic acids is 1. The van der Waals surface area contributed by atoms with Crippen molar-refractivity contribution in [3.63, 3.8) is 0 Å². The molecule has 1 heterocycles. The first-order valence-corrected chi connectivity index (χ1v) is 6.76. The highest BCUT2D eigenvalue weighted by molar-refractivity contribution is 6.02. The summed E-state index contributed by atoms with van der Waals surface area (Å²) >= 11 is 0. The summed E-state index contributed by atoms with van der Waals surface area (Å²) in [6, 6.07) is 5.24. The molecule has 4 heteroatoms. The fourth-order valence-corrected chi connectivity index (χ4v) is 2.44. The number of methoxy groups -OCH3 is 2. The predicted octanol–water partition coefficient (Wildman–Crippen LogP) is 2.42. The van der Waals surface area contributed by atoms with Crippen LogP contribution in [0.2, 0.25) is 0 Å². The number of Topliss-reactive ketones (excluding diaryl/α,β-unsaturated/α-hetero) is 1. The minimum Gasteiger partial charge on any atom is -0.497 e. The Labute approximate surface area is 114 Å². The molecule has 0 radical (unpaired) electrons. The monoisotopic (exact) mass is 263 g/mol. The van der Waals surface area contributed by atoms with Crippen LogP contribution in [0.4, 0.5) is 0 Å². The summed E-state index contributed by atoms with van der Waals surface area (Å²) in [5, 5.41) is 3.32. The van der Waals surface area contributed by atoms with Crippen LogP contribution >= 0.6 is 0 Å². The van der Waals surface area contributed by atoms with Crippen molar-refractivity contribution in [1.82, 2.24) is 5.32 Å². The molecule has 0 bridgehead atoms. The highest BCUT2D eigenvalue weighted by Crippen LogP contribution is 2.26. The Kier molecular flexibility index (Phi) is 4.80. The molecule has 1 fully saturated rings. The number of hydrogen-bond donors (Lipinski definition) is 1. The molecule has 1 aliphatic heterocycles. The van der Waals surface area contributed by atoms with E-state index in [1.165, 1.54) is 6.42 Å². The number of ether oxygens (including phenoxy) is 2. The molecule has 0 aromatic heterocycles. The van der Waals surface area contributed by atoms with Crippen molar-refractivity contribution < 1.29 is 14.3 Å². The van der Waals surface area contributed by atoms with Crippen molar-refractivity contribution >= 4 is 5.78 Å². The van der Waals surface area contributed by atoms with Gasteiger partial charge in [-0.2, -0.15) is 0 Å². The molecule has 19 heavy (non-hydrogen) atoms. The summed E-state index contributed by atoms with van der Waals surface area (Å²) in [5.74, 6) is 1.39. The van der Waals surface area contributed by atoms with Crippen LogP contribution in [0.3, 0.4) is 0 Å². The lowest BCUT2D eigenvalue weighted by atomic mass is 9.99. The fraction of sp³-hybridized carbons (Fsp3) is 0.533. The average molecular weight is 263 g/mol. The normalized spacial score (nSPS) is 19.6. The maximum absolute atomic E-state index is 12.5. The van der Waals surface area contributed by atoms with Crippen LogP contribution in [0.15, 0.2) is 18.2 Å². The average Bonchev–Trinajstić information content (AvgIpc) is 2.74. The molecule has 1 atom stereocenters. The minimum atomic E-state index is -0.0928. The van der Waals surface area contributed by atoms with Gasteiger partial charge in [-0.25, -0.2) is 0 Å². The van der Waals surface area contributed by atoms with Crippen LogP contribution in [-0.4, -0.2) is 32.6 Å². The Bertz CT molecular complexity index is 437. The van der Waals surface area contributed by atoms with Gasteiger partial charge in [0.1, 0.15) is 11.5 Å². The second-order valence-corrected chi connectivity index (χ2v) is 4.79. The Morgan fingerprint density at radius 3 is 2.79 bits per heavy atom. The van der Waals surface area contributed by atoms with Gasteiger partial charge in [0, 0.05) is 6.07 Å². The molecule has 4 nitrogen and oxygen atoms in total. The van der Waals surface area contributed by atoms with Crippen LogP contribution < -0.4 is 14.8 Å². The summed E-state index contributed by atoms with van der Waals surface area (Å²) in [6.45, 7) is 0.912. The van der Waals surface area contributed by atoms with Gasteiger partial charge in [-0.05, 0) is 31.5 Å². The largest absolute Gasteiger partial charge is 0.497 e. The van der Waals surface area contributed by atoms with E-state index in [1.54, 1.807) is 32.4 Å². The van der Waals surface area contributed by atoms with E-state index in [4.69, 9.17) is 9.47 Å².